The van der Waals surface area contributed by atoms with E-state index in [1.54, 1.807) is 12.1 Å². The molecule has 1 aliphatic heterocycles. The van der Waals surface area contributed by atoms with E-state index < -0.39 is 8.80 Å². The van der Waals surface area contributed by atoms with Crippen LogP contribution in [0.3, 0.4) is 0 Å². The molecule has 0 aromatic heterocycles. The molecule has 1 saturated heterocycles. The van der Waals surface area contributed by atoms with Crippen LogP contribution in [0.5, 0.6) is 0 Å². The zero-order valence-corrected chi connectivity index (χ0v) is 15.9. The molecule has 3 N–H and O–H groups in total. The van der Waals surface area contributed by atoms with Gasteiger partial charge in [-0.15, -0.1) is 0 Å². The van der Waals surface area contributed by atoms with Crippen LogP contribution in [0.15, 0.2) is 36.4 Å². The summed E-state index contributed by atoms with van der Waals surface area (Å²) in [5.74, 6) is 0. The summed E-state index contributed by atoms with van der Waals surface area (Å²) in [7, 11) is -4.20. The van der Waals surface area contributed by atoms with Crippen LogP contribution < -0.4 is 10.1 Å². The molecule has 1 radical (unpaired) electrons. The summed E-state index contributed by atoms with van der Waals surface area (Å²) in [6.07, 6.45) is 0. The number of hydrogen-bond donors (Lipinski definition) is 3. The topological polar surface area (TPSA) is 67.2 Å². The van der Waals surface area contributed by atoms with Crippen LogP contribution in [0.4, 0.5) is 5.69 Å². The zero-order valence-electron chi connectivity index (χ0n) is 14.9. The molecule has 3 rings (SSSR count). The van der Waals surface area contributed by atoms with Gasteiger partial charge in [0.2, 0.25) is 0 Å². The summed E-state index contributed by atoms with van der Waals surface area (Å²) < 4.78 is 0. The molecule has 0 unspecified atom stereocenters. The molecular formula is C19H25N2O3Si. The summed E-state index contributed by atoms with van der Waals surface area (Å²) in [6.45, 7) is 11.2. The highest BCUT2D eigenvalue weighted by Crippen LogP contribution is 2.30. The third-order valence-corrected chi connectivity index (χ3v) is 5.69. The third-order valence-electron chi connectivity index (χ3n) is 4.58. The lowest BCUT2D eigenvalue weighted by atomic mass is 10.0. The van der Waals surface area contributed by atoms with E-state index in [1.807, 2.05) is 12.1 Å². The van der Waals surface area contributed by atoms with Gasteiger partial charge in [-0.1, -0.05) is 42.0 Å². The van der Waals surface area contributed by atoms with Crippen molar-refractivity contribution in [3.05, 3.63) is 65.3 Å². The number of anilines is 1. The Labute approximate surface area is 150 Å². The first-order chi connectivity index (χ1) is 11.7. The van der Waals surface area contributed by atoms with Crippen LogP contribution in [-0.4, -0.2) is 41.2 Å². The van der Waals surface area contributed by atoms with E-state index in [9.17, 15) is 14.4 Å². The third kappa shape index (κ3) is 4.11. The smallest absolute Gasteiger partial charge is 0.386 e. The van der Waals surface area contributed by atoms with E-state index in [2.05, 4.69) is 49.4 Å². The molecule has 133 valence electrons. The quantitative estimate of drug-likeness (QED) is 0.717. The normalized spacial score (nSPS) is 15.8. The summed E-state index contributed by atoms with van der Waals surface area (Å²) in [6, 6.07) is 11.3. The monoisotopic (exact) mass is 357 g/mol. The van der Waals surface area contributed by atoms with Crippen molar-refractivity contribution in [1.29, 1.82) is 0 Å². The summed E-state index contributed by atoms with van der Waals surface area (Å²) in [5, 5.41) is 0.203. The Morgan fingerprint density at radius 1 is 0.920 bits per heavy atom. The second kappa shape index (κ2) is 6.90. The van der Waals surface area contributed by atoms with Gasteiger partial charge in [0.05, 0.1) is 0 Å². The molecular weight excluding hydrogens is 332 g/mol. The average molecular weight is 358 g/mol. The molecule has 0 saturated carbocycles. The Bertz CT molecular complexity index is 733. The molecule has 5 nitrogen and oxygen atoms in total. The molecule has 1 heterocycles. The molecule has 0 atom stereocenters. The number of aryl methyl sites for hydroxylation is 3. The van der Waals surface area contributed by atoms with Gasteiger partial charge in [-0.05, 0) is 37.5 Å². The van der Waals surface area contributed by atoms with Gasteiger partial charge in [-0.3, -0.25) is 4.90 Å². The maximum atomic E-state index is 9.32. The van der Waals surface area contributed by atoms with Gasteiger partial charge in [-0.2, -0.15) is 0 Å². The molecule has 0 spiro atoms. The van der Waals surface area contributed by atoms with Crippen LogP contribution in [0, 0.1) is 27.4 Å². The maximum absolute atomic E-state index is 9.32. The van der Waals surface area contributed by atoms with Crippen molar-refractivity contribution in [2.24, 2.45) is 0 Å². The van der Waals surface area contributed by atoms with Gasteiger partial charge in [0, 0.05) is 30.5 Å². The van der Waals surface area contributed by atoms with Crippen molar-refractivity contribution in [3.8, 4) is 0 Å². The van der Waals surface area contributed by atoms with E-state index in [0.717, 1.165) is 25.2 Å². The first-order valence-electron chi connectivity index (χ1n) is 8.44. The Morgan fingerprint density at radius 3 is 2.08 bits per heavy atom. The fourth-order valence-corrected chi connectivity index (χ4v) is 4.15. The first kappa shape index (κ1) is 18.1. The van der Waals surface area contributed by atoms with Crippen molar-refractivity contribution in [2.75, 3.05) is 18.0 Å². The fraction of sp³-hybridized carbons (Fsp3) is 0.316. The molecule has 6 heteroatoms. The standard InChI is InChI=1S/C19H25N2O3Si/c1-14-10-15(2)19(16(3)11-14)21-9-8-20(13-21)12-17-4-6-18(7-5-17)25(22,23)24/h4-7,10-11,13,22-24H,8-9,12H2,1-3H3. The minimum Gasteiger partial charge on any atom is -0.386 e. The summed E-state index contributed by atoms with van der Waals surface area (Å²) >= 11 is 0. The zero-order chi connectivity index (χ0) is 18.2. The van der Waals surface area contributed by atoms with Gasteiger partial charge in [0.1, 0.15) is 6.67 Å². The van der Waals surface area contributed by atoms with E-state index in [4.69, 9.17) is 0 Å². The maximum Gasteiger partial charge on any atom is 0.528 e. The molecule has 1 aliphatic rings. The van der Waals surface area contributed by atoms with E-state index in [0.29, 0.717) is 0 Å². The average Bonchev–Trinajstić information content (AvgIpc) is 2.94. The highest BCUT2D eigenvalue weighted by Gasteiger charge is 2.30. The van der Waals surface area contributed by atoms with Gasteiger partial charge in [0.15, 0.2) is 0 Å². The largest absolute Gasteiger partial charge is 0.528 e. The molecule has 0 amide bonds. The molecule has 2 aromatic carbocycles. The number of rotatable bonds is 4. The van der Waals surface area contributed by atoms with Crippen molar-refractivity contribution in [1.82, 2.24) is 4.90 Å². The van der Waals surface area contributed by atoms with Gasteiger partial charge >= 0.3 is 8.80 Å². The van der Waals surface area contributed by atoms with Crippen LogP contribution in [0.25, 0.3) is 0 Å². The molecule has 25 heavy (non-hydrogen) atoms. The predicted molar refractivity (Wildman–Crippen MR) is 101 cm³/mol. The second-order valence-electron chi connectivity index (χ2n) is 6.86. The number of hydrogen-bond acceptors (Lipinski definition) is 5. The van der Waals surface area contributed by atoms with Gasteiger partial charge in [-0.25, -0.2) is 0 Å². The Kier molecular flexibility index (Phi) is 4.99. The minimum atomic E-state index is -4.20. The Balaban J connectivity index is 1.68. The summed E-state index contributed by atoms with van der Waals surface area (Å²) in [4.78, 5) is 32.5. The first-order valence-corrected chi connectivity index (χ1v) is 10.3. The van der Waals surface area contributed by atoms with Gasteiger partial charge < -0.3 is 19.3 Å². The van der Waals surface area contributed by atoms with Crippen molar-refractivity contribution < 1.29 is 14.4 Å². The lowest BCUT2D eigenvalue weighted by Crippen LogP contribution is -2.48. The van der Waals surface area contributed by atoms with Crippen LogP contribution >= 0.6 is 0 Å². The van der Waals surface area contributed by atoms with E-state index in [-0.39, 0.29) is 5.19 Å². The molecule has 0 aliphatic carbocycles. The Hall–Kier alpha value is -1.70. The lowest BCUT2D eigenvalue weighted by molar-refractivity contribution is 0.249. The lowest BCUT2D eigenvalue weighted by Gasteiger charge is -2.23. The van der Waals surface area contributed by atoms with E-state index >= 15 is 0 Å². The van der Waals surface area contributed by atoms with Crippen molar-refractivity contribution in [2.45, 2.75) is 27.3 Å². The van der Waals surface area contributed by atoms with Crippen molar-refractivity contribution >= 4 is 19.7 Å². The molecule has 2 aromatic rings. The highest BCUT2D eigenvalue weighted by molar-refractivity contribution is 6.71. The minimum absolute atomic E-state index is 0.203. The fourth-order valence-electron chi connectivity index (χ4n) is 3.53. The predicted octanol–water partition coefficient (Wildman–Crippen LogP) is 1.18. The second-order valence-corrected chi connectivity index (χ2v) is 8.71. The highest BCUT2D eigenvalue weighted by atomic mass is 28.4. The summed E-state index contributed by atoms with van der Waals surface area (Å²) in [5.41, 5.74) is 6.20. The van der Waals surface area contributed by atoms with E-state index in [1.165, 1.54) is 22.4 Å². The van der Waals surface area contributed by atoms with Crippen LogP contribution in [0.1, 0.15) is 22.3 Å². The van der Waals surface area contributed by atoms with Crippen LogP contribution in [-0.2, 0) is 6.54 Å². The number of nitrogens with zero attached hydrogens (tertiary/aromatic N) is 2. The van der Waals surface area contributed by atoms with Crippen molar-refractivity contribution in [3.63, 3.8) is 0 Å². The SMILES string of the molecule is Cc1cc(C)c(N2[CH]N(Cc3ccc([Si](O)(O)O)cc3)CC2)c(C)c1. The Morgan fingerprint density at radius 2 is 1.52 bits per heavy atom. The number of benzene rings is 2. The van der Waals surface area contributed by atoms with Gasteiger partial charge in [0.25, 0.3) is 0 Å². The molecule has 1 fully saturated rings. The molecule has 0 bridgehead atoms. The van der Waals surface area contributed by atoms with Crippen LogP contribution in [0.2, 0.25) is 0 Å².